The number of morpholine rings is 1. The number of likely N-dealkylation sites (tertiary alicyclic amines) is 1. The number of ether oxygens (including phenoxy) is 2. The molecule has 1 atom stereocenters. The highest BCUT2D eigenvalue weighted by molar-refractivity contribution is 5.92. The summed E-state index contributed by atoms with van der Waals surface area (Å²) in [6.45, 7) is 6.70. The van der Waals surface area contributed by atoms with E-state index >= 15 is 0 Å². The molecule has 3 fully saturated rings. The van der Waals surface area contributed by atoms with Crippen LogP contribution >= 0.6 is 0 Å². The first-order chi connectivity index (χ1) is 14.0. The summed E-state index contributed by atoms with van der Waals surface area (Å²) in [6, 6.07) is 1.84. The van der Waals surface area contributed by atoms with Crippen molar-refractivity contribution in [3.05, 3.63) is 17.5 Å². The first-order valence-corrected chi connectivity index (χ1v) is 10.8. The standard InChI is InChI=1S/C21H32N4O4/c1-16-13-18(22-23(16)2)20(27)25-6-4-21(5-7-25)15-17(3-10-29-21)14-19(26)24-8-11-28-12-9-24/h13,17H,3-12,14-15H2,1-2H3. The smallest absolute Gasteiger partial charge is 0.274 e. The van der Waals surface area contributed by atoms with Crippen molar-refractivity contribution in [1.29, 1.82) is 0 Å². The average molecular weight is 405 g/mol. The lowest BCUT2D eigenvalue weighted by Gasteiger charge is -2.46. The van der Waals surface area contributed by atoms with E-state index in [2.05, 4.69) is 5.10 Å². The van der Waals surface area contributed by atoms with Crippen molar-refractivity contribution in [2.24, 2.45) is 13.0 Å². The second-order valence-corrected chi connectivity index (χ2v) is 8.67. The maximum absolute atomic E-state index is 12.8. The molecule has 1 aromatic rings. The zero-order chi connectivity index (χ0) is 20.4. The number of piperidine rings is 1. The molecule has 3 aliphatic rings. The van der Waals surface area contributed by atoms with Crippen LogP contribution in [-0.4, -0.2) is 83.0 Å². The Morgan fingerprint density at radius 2 is 1.86 bits per heavy atom. The minimum Gasteiger partial charge on any atom is -0.378 e. The van der Waals surface area contributed by atoms with Gasteiger partial charge in [0.25, 0.3) is 5.91 Å². The van der Waals surface area contributed by atoms with Gasteiger partial charge in [-0.25, -0.2) is 0 Å². The van der Waals surface area contributed by atoms with E-state index < -0.39 is 0 Å². The van der Waals surface area contributed by atoms with Gasteiger partial charge in [0.1, 0.15) is 0 Å². The molecule has 1 aromatic heterocycles. The zero-order valence-electron chi connectivity index (χ0n) is 17.6. The van der Waals surface area contributed by atoms with Crippen LogP contribution in [0, 0.1) is 12.8 Å². The van der Waals surface area contributed by atoms with Crippen molar-refractivity contribution >= 4 is 11.8 Å². The van der Waals surface area contributed by atoms with Gasteiger partial charge >= 0.3 is 0 Å². The van der Waals surface area contributed by atoms with Crippen molar-refractivity contribution in [1.82, 2.24) is 19.6 Å². The minimum atomic E-state index is -0.189. The van der Waals surface area contributed by atoms with E-state index in [1.165, 1.54) is 0 Å². The van der Waals surface area contributed by atoms with Gasteiger partial charge in [-0.15, -0.1) is 0 Å². The third-order valence-electron chi connectivity index (χ3n) is 6.72. The molecule has 2 amide bonds. The van der Waals surface area contributed by atoms with Crippen LogP contribution in [0.4, 0.5) is 0 Å². The average Bonchev–Trinajstić information content (AvgIpc) is 3.07. The van der Waals surface area contributed by atoms with Crippen molar-refractivity contribution in [3.63, 3.8) is 0 Å². The lowest BCUT2D eigenvalue weighted by molar-refractivity contribution is -0.143. The molecule has 8 nitrogen and oxygen atoms in total. The normalized spacial score (nSPS) is 24.7. The summed E-state index contributed by atoms with van der Waals surface area (Å²) in [5.74, 6) is 0.603. The monoisotopic (exact) mass is 404 g/mol. The van der Waals surface area contributed by atoms with E-state index in [9.17, 15) is 9.59 Å². The van der Waals surface area contributed by atoms with Crippen LogP contribution in [0.1, 0.15) is 48.3 Å². The fourth-order valence-corrected chi connectivity index (χ4v) is 4.79. The summed E-state index contributed by atoms with van der Waals surface area (Å²) in [5.41, 5.74) is 1.30. The third kappa shape index (κ3) is 4.48. The molecular weight excluding hydrogens is 372 g/mol. The minimum absolute atomic E-state index is 0.00148. The van der Waals surface area contributed by atoms with Gasteiger partial charge in [0.05, 0.1) is 18.8 Å². The molecular formula is C21H32N4O4. The number of carbonyl (C=O) groups is 2. The van der Waals surface area contributed by atoms with E-state index in [0.29, 0.717) is 64.0 Å². The first-order valence-electron chi connectivity index (χ1n) is 10.8. The molecule has 0 aromatic carbocycles. The molecule has 0 saturated carbocycles. The Balaban J connectivity index is 1.31. The molecule has 1 spiro atoms. The van der Waals surface area contributed by atoms with Crippen LogP contribution < -0.4 is 0 Å². The molecule has 3 saturated heterocycles. The maximum Gasteiger partial charge on any atom is 0.274 e. The Bertz CT molecular complexity index is 728. The predicted octanol–water partition coefficient (Wildman–Crippen LogP) is 1.38. The largest absolute Gasteiger partial charge is 0.378 e. The number of rotatable bonds is 3. The summed E-state index contributed by atoms with van der Waals surface area (Å²) in [7, 11) is 1.85. The molecule has 0 aliphatic carbocycles. The van der Waals surface area contributed by atoms with Crippen molar-refractivity contribution in [2.75, 3.05) is 46.0 Å². The fraction of sp³-hybridized carbons (Fsp3) is 0.762. The number of hydrogen-bond acceptors (Lipinski definition) is 5. The number of amides is 2. The molecule has 3 aliphatic heterocycles. The highest BCUT2D eigenvalue weighted by Crippen LogP contribution is 2.39. The van der Waals surface area contributed by atoms with Gasteiger partial charge in [0, 0.05) is 51.9 Å². The van der Waals surface area contributed by atoms with Crippen molar-refractivity contribution in [3.8, 4) is 0 Å². The van der Waals surface area contributed by atoms with Gasteiger partial charge in [-0.05, 0) is 44.6 Å². The Hall–Kier alpha value is -1.93. The first kappa shape index (κ1) is 20.3. The predicted molar refractivity (Wildman–Crippen MR) is 107 cm³/mol. The van der Waals surface area contributed by atoms with Gasteiger partial charge in [0.2, 0.25) is 5.91 Å². The molecule has 0 bridgehead atoms. The molecule has 1 unspecified atom stereocenters. The van der Waals surface area contributed by atoms with Crippen LogP contribution in [0.2, 0.25) is 0 Å². The number of aryl methyl sites for hydroxylation is 2. The van der Waals surface area contributed by atoms with E-state index in [1.807, 2.05) is 29.8 Å². The molecule has 4 heterocycles. The van der Waals surface area contributed by atoms with Crippen LogP contribution in [0.5, 0.6) is 0 Å². The maximum atomic E-state index is 12.8. The van der Waals surface area contributed by atoms with Crippen molar-refractivity contribution in [2.45, 2.75) is 44.6 Å². The van der Waals surface area contributed by atoms with E-state index in [1.54, 1.807) is 4.68 Å². The fourth-order valence-electron chi connectivity index (χ4n) is 4.79. The van der Waals surface area contributed by atoms with E-state index in [4.69, 9.17) is 9.47 Å². The topological polar surface area (TPSA) is 76.9 Å². The number of nitrogens with zero attached hydrogens (tertiary/aromatic N) is 4. The molecule has 4 rings (SSSR count). The summed E-state index contributed by atoms with van der Waals surface area (Å²) in [4.78, 5) is 29.2. The Labute approximate surface area is 172 Å². The lowest BCUT2D eigenvalue weighted by atomic mass is 9.78. The van der Waals surface area contributed by atoms with Crippen LogP contribution in [0.25, 0.3) is 0 Å². The van der Waals surface area contributed by atoms with Crippen LogP contribution in [-0.2, 0) is 21.3 Å². The van der Waals surface area contributed by atoms with Crippen LogP contribution in [0.3, 0.4) is 0 Å². The second-order valence-electron chi connectivity index (χ2n) is 8.67. The lowest BCUT2D eigenvalue weighted by Crippen LogP contribution is -2.51. The van der Waals surface area contributed by atoms with Crippen molar-refractivity contribution < 1.29 is 19.1 Å². The Morgan fingerprint density at radius 3 is 2.52 bits per heavy atom. The SMILES string of the molecule is Cc1cc(C(=O)N2CCC3(CC2)CC(CC(=O)N2CCOCC2)CCO3)nn1C. The highest BCUT2D eigenvalue weighted by atomic mass is 16.5. The highest BCUT2D eigenvalue weighted by Gasteiger charge is 2.42. The number of carbonyl (C=O) groups excluding carboxylic acids is 2. The van der Waals surface area contributed by atoms with E-state index in [0.717, 1.165) is 31.4 Å². The Morgan fingerprint density at radius 1 is 1.14 bits per heavy atom. The summed E-state index contributed by atoms with van der Waals surface area (Å²) in [6.07, 6.45) is 4.10. The summed E-state index contributed by atoms with van der Waals surface area (Å²) < 4.78 is 13.3. The van der Waals surface area contributed by atoms with Gasteiger partial charge in [0.15, 0.2) is 5.69 Å². The summed E-state index contributed by atoms with van der Waals surface area (Å²) in [5, 5.41) is 4.32. The van der Waals surface area contributed by atoms with Gasteiger partial charge in [-0.2, -0.15) is 5.10 Å². The number of aromatic nitrogens is 2. The molecule has 8 heteroatoms. The van der Waals surface area contributed by atoms with E-state index in [-0.39, 0.29) is 17.4 Å². The van der Waals surface area contributed by atoms with Crippen LogP contribution in [0.15, 0.2) is 6.07 Å². The van der Waals surface area contributed by atoms with Gasteiger partial charge < -0.3 is 19.3 Å². The third-order valence-corrected chi connectivity index (χ3v) is 6.72. The molecule has 160 valence electrons. The molecule has 0 radical (unpaired) electrons. The quantitative estimate of drug-likeness (QED) is 0.761. The zero-order valence-corrected chi connectivity index (χ0v) is 17.6. The second kappa shape index (κ2) is 8.44. The van der Waals surface area contributed by atoms with Gasteiger partial charge in [-0.1, -0.05) is 0 Å². The molecule has 29 heavy (non-hydrogen) atoms. The Kier molecular flexibility index (Phi) is 5.92. The summed E-state index contributed by atoms with van der Waals surface area (Å²) >= 11 is 0. The molecule has 0 N–H and O–H groups in total. The number of hydrogen-bond donors (Lipinski definition) is 0. The van der Waals surface area contributed by atoms with Gasteiger partial charge in [-0.3, -0.25) is 14.3 Å².